The van der Waals surface area contributed by atoms with Gasteiger partial charge in [0.1, 0.15) is 11.6 Å². The number of piperidine rings is 3. The third-order valence-corrected chi connectivity index (χ3v) is 4.83. The molecule has 3 fully saturated rings. The molecule has 0 radical (unpaired) electrons. The number of alkyl halides is 3. The number of aromatic amines is 1. The predicted octanol–water partition coefficient (Wildman–Crippen LogP) is 2.41. The second-order valence-electron chi connectivity index (χ2n) is 6.49. The molecule has 0 unspecified atom stereocenters. The van der Waals surface area contributed by atoms with Crippen molar-refractivity contribution >= 4 is 23.3 Å². The number of nitrogens with zero attached hydrogens (tertiary/aromatic N) is 2. The molecule has 3 aliphatic heterocycles. The SMILES string of the molecule is O=C(O[C@H]1CN2CCC1CC2)c1n[nH]c2c(OC(F)(F)F)cccc12.O=CO. The highest BCUT2D eigenvalue weighted by Gasteiger charge is 2.37. The second-order valence-corrected chi connectivity index (χ2v) is 6.49. The van der Waals surface area contributed by atoms with Gasteiger partial charge in [0.05, 0.1) is 0 Å². The lowest BCUT2D eigenvalue weighted by molar-refractivity contribution is -0.274. The monoisotopic (exact) mass is 401 g/mol. The number of aromatic nitrogens is 2. The Morgan fingerprint density at radius 1 is 1.32 bits per heavy atom. The zero-order valence-corrected chi connectivity index (χ0v) is 14.6. The molecular formula is C17H18F3N3O5. The number of rotatable bonds is 3. The number of carbonyl (C=O) groups excluding carboxylic acids is 1. The first-order valence-corrected chi connectivity index (χ1v) is 8.56. The molecule has 28 heavy (non-hydrogen) atoms. The molecule has 3 saturated heterocycles. The molecule has 2 aromatic rings. The van der Waals surface area contributed by atoms with E-state index in [1.54, 1.807) is 0 Å². The zero-order chi connectivity index (χ0) is 20.3. The van der Waals surface area contributed by atoms with E-state index in [0.717, 1.165) is 32.0 Å². The quantitative estimate of drug-likeness (QED) is 0.601. The fourth-order valence-electron chi connectivity index (χ4n) is 3.62. The normalized spacial score (nSPS) is 23.6. The highest BCUT2D eigenvalue weighted by molar-refractivity contribution is 6.03. The lowest BCUT2D eigenvalue weighted by Gasteiger charge is -2.43. The van der Waals surface area contributed by atoms with Crippen LogP contribution in [0, 0.1) is 5.92 Å². The Bertz CT molecular complexity index is 846. The number of hydrogen-bond acceptors (Lipinski definition) is 6. The first-order valence-electron chi connectivity index (χ1n) is 8.56. The van der Waals surface area contributed by atoms with Gasteiger partial charge >= 0.3 is 12.3 Å². The minimum Gasteiger partial charge on any atom is -0.483 e. The number of carboxylic acid groups (broad SMARTS) is 1. The number of hydrogen-bond donors (Lipinski definition) is 2. The molecule has 1 aromatic heterocycles. The van der Waals surface area contributed by atoms with Crippen molar-refractivity contribution in [2.75, 3.05) is 19.6 Å². The van der Waals surface area contributed by atoms with Crippen LogP contribution in [0.2, 0.25) is 0 Å². The maximum Gasteiger partial charge on any atom is 0.573 e. The van der Waals surface area contributed by atoms with E-state index in [-0.39, 0.29) is 29.2 Å². The van der Waals surface area contributed by atoms with E-state index in [1.807, 2.05) is 0 Å². The molecule has 8 nitrogen and oxygen atoms in total. The van der Waals surface area contributed by atoms with E-state index < -0.39 is 18.1 Å². The molecule has 1 atom stereocenters. The highest BCUT2D eigenvalue weighted by Crippen LogP contribution is 2.33. The summed E-state index contributed by atoms with van der Waals surface area (Å²) in [5, 5.41) is 13.4. The predicted molar refractivity (Wildman–Crippen MR) is 89.8 cm³/mol. The van der Waals surface area contributed by atoms with Crippen LogP contribution < -0.4 is 4.74 Å². The number of carbonyl (C=O) groups is 2. The summed E-state index contributed by atoms with van der Waals surface area (Å²) in [6.07, 6.45) is -3.04. The molecular weight excluding hydrogens is 383 g/mol. The number of fused-ring (bicyclic) bond motifs is 4. The summed E-state index contributed by atoms with van der Waals surface area (Å²) in [7, 11) is 0. The standard InChI is InChI=1S/C16H16F3N3O3.CH2O2/c17-16(18,19)25-11-3-1-2-10-13(11)20-21-14(10)15(23)24-12-8-22-6-4-9(12)5-7-22;2-1-3/h1-3,9,12H,4-8H2,(H,20,21);1H,(H,2,3)/t12-;/m0./s1. The van der Waals surface area contributed by atoms with Crippen molar-refractivity contribution in [3.8, 4) is 5.75 Å². The van der Waals surface area contributed by atoms with Gasteiger partial charge in [-0.25, -0.2) is 4.79 Å². The van der Waals surface area contributed by atoms with Gasteiger partial charge in [-0.1, -0.05) is 12.1 Å². The molecule has 4 heterocycles. The van der Waals surface area contributed by atoms with E-state index in [0.29, 0.717) is 12.5 Å². The van der Waals surface area contributed by atoms with Crippen molar-refractivity contribution in [1.82, 2.24) is 15.1 Å². The molecule has 152 valence electrons. The molecule has 0 saturated carbocycles. The van der Waals surface area contributed by atoms with E-state index in [1.165, 1.54) is 12.1 Å². The molecule has 3 aliphatic rings. The van der Waals surface area contributed by atoms with Crippen LogP contribution >= 0.6 is 0 Å². The smallest absolute Gasteiger partial charge is 0.483 e. The van der Waals surface area contributed by atoms with Crippen LogP contribution in [0.25, 0.3) is 10.9 Å². The Morgan fingerprint density at radius 2 is 2.00 bits per heavy atom. The average molecular weight is 401 g/mol. The van der Waals surface area contributed by atoms with Gasteiger partial charge in [0, 0.05) is 11.9 Å². The molecule has 11 heteroatoms. The largest absolute Gasteiger partial charge is 0.573 e. The molecule has 2 N–H and O–H groups in total. The van der Waals surface area contributed by atoms with Crippen LogP contribution in [0.15, 0.2) is 18.2 Å². The number of benzene rings is 1. The summed E-state index contributed by atoms with van der Waals surface area (Å²) in [6.45, 7) is 2.48. The number of H-pyrrole nitrogens is 1. The van der Waals surface area contributed by atoms with Crippen molar-refractivity contribution in [1.29, 1.82) is 0 Å². The van der Waals surface area contributed by atoms with Gasteiger partial charge in [-0.05, 0) is 37.9 Å². The minimum atomic E-state index is -4.82. The Morgan fingerprint density at radius 3 is 2.57 bits per heavy atom. The zero-order valence-electron chi connectivity index (χ0n) is 14.6. The summed E-state index contributed by atoms with van der Waals surface area (Å²) in [5.41, 5.74) is -0.0141. The third-order valence-electron chi connectivity index (χ3n) is 4.83. The second kappa shape index (κ2) is 8.05. The van der Waals surface area contributed by atoms with E-state index in [9.17, 15) is 18.0 Å². The average Bonchev–Trinajstić information content (AvgIpc) is 3.07. The summed E-state index contributed by atoms with van der Waals surface area (Å²) in [4.78, 5) is 23.1. The van der Waals surface area contributed by atoms with E-state index >= 15 is 0 Å². The summed E-state index contributed by atoms with van der Waals surface area (Å²) < 4.78 is 47.0. The van der Waals surface area contributed by atoms with Crippen LogP contribution in [0.1, 0.15) is 23.3 Å². The van der Waals surface area contributed by atoms with Crippen molar-refractivity contribution < 1.29 is 37.3 Å². The first kappa shape index (κ1) is 19.9. The van der Waals surface area contributed by atoms with Crippen LogP contribution in [0.5, 0.6) is 5.75 Å². The summed E-state index contributed by atoms with van der Waals surface area (Å²) in [5.74, 6) is -0.725. The molecule has 5 rings (SSSR count). The van der Waals surface area contributed by atoms with Gasteiger partial charge in [-0.3, -0.25) is 14.8 Å². The van der Waals surface area contributed by atoms with Gasteiger partial charge in [-0.2, -0.15) is 5.10 Å². The highest BCUT2D eigenvalue weighted by atomic mass is 19.4. The van der Waals surface area contributed by atoms with Gasteiger partial charge in [0.25, 0.3) is 6.47 Å². The minimum absolute atomic E-state index is 0.0145. The maximum atomic E-state index is 12.5. The number of para-hydroxylation sites is 1. The fraction of sp³-hybridized carbons (Fsp3) is 0.471. The molecule has 0 aliphatic carbocycles. The molecule has 1 aromatic carbocycles. The topological polar surface area (TPSA) is 105 Å². The van der Waals surface area contributed by atoms with Crippen molar-refractivity contribution in [3.05, 3.63) is 23.9 Å². The maximum absolute atomic E-state index is 12.5. The summed E-state index contributed by atoms with van der Waals surface area (Å²) in [6, 6.07) is 4.05. The van der Waals surface area contributed by atoms with Gasteiger partial charge in [0.2, 0.25) is 0 Å². The Hall–Kier alpha value is -2.82. The van der Waals surface area contributed by atoms with E-state index in [2.05, 4.69) is 19.8 Å². The number of ether oxygens (including phenoxy) is 2. The van der Waals surface area contributed by atoms with Gasteiger partial charge in [-0.15, -0.1) is 13.2 Å². The fourth-order valence-corrected chi connectivity index (χ4v) is 3.62. The number of halogens is 3. The van der Waals surface area contributed by atoms with E-state index in [4.69, 9.17) is 14.6 Å². The Balaban J connectivity index is 0.000000706. The third kappa shape index (κ3) is 4.35. The number of esters is 1. The van der Waals surface area contributed by atoms with Crippen LogP contribution in [0.3, 0.4) is 0 Å². The first-order chi connectivity index (χ1) is 13.3. The van der Waals surface area contributed by atoms with Crippen molar-refractivity contribution in [2.24, 2.45) is 5.92 Å². The van der Waals surface area contributed by atoms with Crippen molar-refractivity contribution in [3.63, 3.8) is 0 Å². The number of nitrogens with one attached hydrogen (secondary N) is 1. The Kier molecular flexibility index (Phi) is 5.73. The molecule has 0 amide bonds. The van der Waals surface area contributed by atoms with Gasteiger partial charge < -0.3 is 14.6 Å². The molecule has 2 bridgehead atoms. The van der Waals surface area contributed by atoms with Crippen molar-refractivity contribution in [2.45, 2.75) is 25.3 Å². The molecule has 0 spiro atoms. The lowest BCUT2D eigenvalue weighted by Crippen LogP contribution is -2.51. The van der Waals surface area contributed by atoms with Gasteiger partial charge in [0.15, 0.2) is 11.4 Å². The van der Waals surface area contributed by atoms with Crippen LogP contribution in [0.4, 0.5) is 13.2 Å². The van der Waals surface area contributed by atoms with Crippen LogP contribution in [-0.2, 0) is 9.53 Å². The van der Waals surface area contributed by atoms with Crippen LogP contribution in [-0.4, -0.2) is 64.7 Å². The Labute approximate surface area is 157 Å². The lowest BCUT2D eigenvalue weighted by atomic mass is 9.86. The summed E-state index contributed by atoms with van der Waals surface area (Å²) >= 11 is 0.